The lowest BCUT2D eigenvalue weighted by Crippen LogP contribution is -2.31. The van der Waals surface area contributed by atoms with Crippen LogP contribution < -0.4 is 10.1 Å². The molecular formula is C22H23N7O. The quantitative estimate of drug-likeness (QED) is 0.522. The van der Waals surface area contributed by atoms with Crippen molar-refractivity contribution in [1.29, 1.82) is 0 Å². The van der Waals surface area contributed by atoms with Gasteiger partial charge in [-0.2, -0.15) is 5.10 Å². The van der Waals surface area contributed by atoms with Gasteiger partial charge < -0.3 is 10.1 Å². The van der Waals surface area contributed by atoms with Crippen LogP contribution in [0.2, 0.25) is 0 Å². The van der Waals surface area contributed by atoms with E-state index in [0.717, 1.165) is 65.2 Å². The van der Waals surface area contributed by atoms with Gasteiger partial charge in [0.2, 0.25) is 0 Å². The van der Waals surface area contributed by atoms with Gasteiger partial charge in [-0.1, -0.05) is 0 Å². The number of H-pyrrole nitrogens is 1. The van der Waals surface area contributed by atoms with E-state index in [1.54, 1.807) is 24.8 Å². The van der Waals surface area contributed by atoms with E-state index in [9.17, 15) is 0 Å². The van der Waals surface area contributed by atoms with E-state index < -0.39 is 0 Å². The number of benzene rings is 1. The largest absolute Gasteiger partial charge is 0.488 e. The molecule has 0 spiro atoms. The van der Waals surface area contributed by atoms with Gasteiger partial charge in [0.15, 0.2) is 0 Å². The van der Waals surface area contributed by atoms with Crippen molar-refractivity contribution in [3.63, 3.8) is 0 Å². The molecule has 8 nitrogen and oxygen atoms in total. The fourth-order valence-electron chi connectivity index (χ4n) is 3.96. The molecule has 30 heavy (non-hydrogen) atoms. The zero-order valence-corrected chi connectivity index (χ0v) is 16.7. The van der Waals surface area contributed by atoms with Gasteiger partial charge in [0.25, 0.3) is 0 Å². The van der Waals surface area contributed by atoms with Crippen LogP contribution >= 0.6 is 0 Å². The normalized spacial score (nSPS) is 19.0. The summed E-state index contributed by atoms with van der Waals surface area (Å²) in [4.78, 5) is 17.6. The molecule has 3 aromatic heterocycles. The standard InChI is InChI=1S/C22H23N7O/c1-14-23-7-6-21(28-14)29-17-2-4-18(5-3-17)30-20-11-15(16-12-26-27-13-16)10-19-22(20)25-9-8-24-19/h6-13,17-18H,2-5H2,1H3,(H,26,27)(H,23,28,29). The van der Waals surface area contributed by atoms with Crippen LogP contribution in [0.25, 0.3) is 22.2 Å². The second-order valence-corrected chi connectivity index (χ2v) is 7.61. The summed E-state index contributed by atoms with van der Waals surface area (Å²) in [5.41, 5.74) is 3.63. The first kappa shape index (κ1) is 18.5. The van der Waals surface area contributed by atoms with Gasteiger partial charge in [0.05, 0.1) is 17.8 Å². The van der Waals surface area contributed by atoms with Crippen molar-refractivity contribution in [3.05, 3.63) is 55.0 Å². The number of aromatic nitrogens is 6. The Kier molecular flexibility index (Phi) is 4.96. The molecule has 4 aromatic rings. The molecule has 0 atom stereocenters. The number of aryl methyl sites for hydroxylation is 1. The van der Waals surface area contributed by atoms with Crippen molar-refractivity contribution in [2.24, 2.45) is 0 Å². The van der Waals surface area contributed by atoms with Crippen LogP contribution in [-0.4, -0.2) is 42.3 Å². The monoisotopic (exact) mass is 401 g/mol. The molecule has 2 N–H and O–H groups in total. The van der Waals surface area contributed by atoms with Crippen LogP contribution in [0.1, 0.15) is 31.5 Å². The molecule has 0 radical (unpaired) electrons. The highest BCUT2D eigenvalue weighted by atomic mass is 16.5. The smallest absolute Gasteiger partial charge is 0.148 e. The SMILES string of the molecule is Cc1nccc(NC2CCC(Oc3cc(-c4cn[nH]c4)cc4nccnc34)CC2)n1. The minimum atomic E-state index is 0.153. The molecule has 0 aliphatic heterocycles. The first-order valence-electron chi connectivity index (χ1n) is 10.2. The van der Waals surface area contributed by atoms with E-state index in [-0.39, 0.29) is 6.10 Å². The van der Waals surface area contributed by atoms with Crippen LogP contribution in [0.4, 0.5) is 5.82 Å². The average molecular weight is 401 g/mol. The van der Waals surface area contributed by atoms with E-state index in [0.29, 0.717) is 6.04 Å². The number of nitrogens with zero attached hydrogens (tertiary/aromatic N) is 5. The summed E-state index contributed by atoms with van der Waals surface area (Å²) in [5, 5.41) is 10.4. The Morgan fingerprint density at radius 1 is 1.00 bits per heavy atom. The molecule has 0 bridgehead atoms. The van der Waals surface area contributed by atoms with Crippen LogP contribution in [0, 0.1) is 6.92 Å². The topological polar surface area (TPSA) is 102 Å². The minimum Gasteiger partial charge on any atom is -0.488 e. The molecule has 5 rings (SSSR count). The maximum Gasteiger partial charge on any atom is 0.148 e. The van der Waals surface area contributed by atoms with Crippen molar-refractivity contribution >= 4 is 16.9 Å². The number of ether oxygens (including phenoxy) is 1. The number of nitrogens with one attached hydrogen (secondary N) is 2. The summed E-state index contributed by atoms with van der Waals surface area (Å²) in [6.45, 7) is 1.90. The van der Waals surface area contributed by atoms with Gasteiger partial charge >= 0.3 is 0 Å². The average Bonchev–Trinajstić information content (AvgIpc) is 3.30. The number of hydrogen-bond acceptors (Lipinski definition) is 7. The van der Waals surface area contributed by atoms with E-state index in [2.05, 4.69) is 35.5 Å². The fourth-order valence-corrected chi connectivity index (χ4v) is 3.96. The van der Waals surface area contributed by atoms with Crippen molar-refractivity contribution < 1.29 is 4.74 Å². The van der Waals surface area contributed by atoms with Gasteiger partial charge in [0, 0.05) is 36.4 Å². The second kappa shape index (κ2) is 8.06. The predicted octanol–water partition coefficient (Wildman–Crippen LogP) is 3.92. The van der Waals surface area contributed by atoms with E-state index in [1.807, 2.05) is 31.3 Å². The number of aromatic amines is 1. The molecule has 1 fully saturated rings. The number of hydrogen-bond donors (Lipinski definition) is 2. The van der Waals surface area contributed by atoms with Gasteiger partial charge in [-0.05, 0) is 56.4 Å². The van der Waals surface area contributed by atoms with Crippen molar-refractivity contribution in [2.45, 2.75) is 44.8 Å². The highest BCUT2D eigenvalue weighted by Crippen LogP contribution is 2.33. The maximum absolute atomic E-state index is 6.44. The Bertz CT molecular complexity index is 1140. The van der Waals surface area contributed by atoms with Gasteiger partial charge in [-0.15, -0.1) is 0 Å². The Labute approximate surface area is 174 Å². The number of fused-ring (bicyclic) bond motifs is 1. The lowest BCUT2D eigenvalue weighted by atomic mass is 9.93. The van der Waals surface area contributed by atoms with Crippen molar-refractivity contribution in [3.8, 4) is 16.9 Å². The summed E-state index contributed by atoms with van der Waals surface area (Å²) >= 11 is 0. The van der Waals surface area contributed by atoms with Crippen molar-refractivity contribution in [1.82, 2.24) is 30.1 Å². The Balaban J connectivity index is 1.30. The molecule has 152 valence electrons. The molecular weight excluding hydrogens is 378 g/mol. The first-order chi connectivity index (χ1) is 14.7. The summed E-state index contributed by atoms with van der Waals surface area (Å²) < 4.78 is 6.44. The van der Waals surface area contributed by atoms with Gasteiger partial charge in [0.1, 0.15) is 22.9 Å². The highest BCUT2D eigenvalue weighted by Gasteiger charge is 2.24. The molecule has 8 heteroatoms. The zero-order chi connectivity index (χ0) is 20.3. The van der Waals surface area contributed by atoms with Crippen LogP contribution in [0.5, 0.6) is 5.75 Å². The summed E-state index contributed by atoms with van der Waals surface area (Å²) in [6, 6.07) is 6.37. The van der Waals surface area contributed by atoms with Crippen molar-refractivity contribution in [2.75, 3.05) is 5.32 Å². The van der Waals surface area contributed by atoms with Gasteiger partial charge in [-0.3, -0.25) is 10.1 Å². The minimum absolute atomic E-state index is 0.153. The summed E-state index contributed by atoms with van der Waals surface area (Å²) in [7, 11) is 0. The zero-order valence-electron chi connectivity index (χ0n) is 16.7. The first-order valence-corrected chi connectivity index (χ1v) is 10.2. The molecule has 3 heterocycles. The van der Waals surface area contributed by atoms with Crippen LogP contribution in [0.15, 0.2) is 49.2 Å². The Morgan fingerprint density at radius 2 is 1.87 bits per heavy atom. The van der Waals surface area contributed by atoms with Crippen LogP contribution in [-0.2, 0) is 0 Å². The Morgan fingerprint density at radius 3 is 2.67 bits per heavy atom. The number of anilines is 1. The fraction of sp³-hybridized carbons (Fsp3) is 0.318. The molecule has 0 unspecified atom stereocenters. The summed E-state index contributed by atoms with van der Waals surface area (Å²) in [5.74, 6) is 2.45. The third-order valence-corrected chi connectivity index (χ3v) is 5.47. The molecule has 0 amide bonds. The van der Waals surface area contributed by atoms with Crippen LogP contribution in [0.3, 0.4) is 0 Å². The lowest BCUT2D eigenvalue weighted by molar-refractivity contribution is 0.152. The maximum atomic E-state index is 6.44. The molecule has 1 saturated carbocycles. The third kappa shape index (κ3) is 3.94. The van der Waals surface area contributed by atoms with E-state index in [4.69, 9.17) is 4.74 Å². The third-order valence-electron chi connectivity index (χ3n) is 5.47. The highest BCUT2D eigenvalue weighted by molar-refractivity contribution is 5.86. The number of rotatable bonds is 5. The lowest BCUT2D eigenvalue weighted by Gasteiger charge is -2.30. The molecule has 0 saturated heterocycles. The van der Waals surface area contributed by atoms with Gasteiger partial charge in [-0.25, -0.2) is 15.0 Å². The molecule has 1 aromatic carbocycles. The predicted molar refractivity (Wildman–Crippen MR) is 114 cm³/mol. The molecule has 1 aliphatic carbocycles. The Hall–Kier alpha value is -3.55. The van der Waals surface area contributed by atoms with E-state index in [1.165, 1.54) is 0 Å². The summed E-state index contributed by atoms with van der Waals surface area (Å²) in [6.07, 6.45) is 13.0. The van der Waals surface area contributed by atoms with E-state index >= 15 is 0 Å². The molecule has 1 aliphatic rings. The second-order valence-electron chi connectivity index (χ2n) is 7.61.